The van der Waals surface area contributed by atoms with E-state index in [0.29, 0.717) is 18.7 Å². The third-order valence-electron chi connectivity index (χ3n) is 3.90. The van der Waals surface area contributed by atoms with Crippen molar-refractivity contribution in [1.82, 2.24) is 14.7 Å². The fourth-order valence-corrected chi connectivity index (χ4v) is 2.73. The van der Waals surface area contributed by atoms with Gasteiger partial charge in [-0.15, -0.1) is 0 Å². The fourth-order valence-electron chi connectivity index (χ4n) is 2.73. The molecule has 0 unspecified atom stereocenters. The number of nitrogens with one attached hydrogen (secondary N) is 2. The highest BCUT2D eigenvalue weighted by Gasteiger charge is 2.20. The lowest BCUT2D eigenvalue weighted by Crippen LogP contribution is -2.40. The maximum absolute atomic E-state index is 12.2. The molecular weight excluding hydrogens is 306 g/mol. The van der Waals surface area contributed by atoms with Crippen LogP contribution in [0.25, 0.3) is 0 Å². The number of aryl methyl sites for hydroxylation is 1. The van der Waals surface area contributed by atoms with Gasteiger partial charge in [0.1, 0.15) is 0 Å². The standard InChI is InChI=1S/C17H21N5O2/c1-21-11-15(10-18-21)19-13-5-4-6-14(9-13)20-16(23)12-22-8-3-2-7-17(22)24/h4-6,9-11,19H,2-3,7-8,12H2,1H3,(H,20,23). The van der Waals surface area contributed by atoms with Gasteiger partial charge in [-0.05, 0) is 31.0 Å². The first-order valence-corrected chi connectivity index (χ1v) is 8.03. The van der Waals surface area contributed by atoms with Crippen LogP contribution in [-0.2, 0) is 16.6 Å². The molecule has 1 aromatic carbocycles. The average Bonchev–Trinajstić information content (AvgIpc) is 2.95. The van der Waals surface area contributed by atoms with E-state index in [1.165, 1.54) is 0 Å². The summed E-state index contributed by atoms with van der Waals surface area (Å²) < 4.78 is 1.71. The summed E-state index contributed by atoms with van der Waals surface area (Å²) in [6.45, 7) is 0.772. The van der Waals surface area contributed by atoms with Crippen LogP contribution in [0.4, 0.5) is 17.1 Å². The third-order valence-corrected chi connectivity index (χ3v) is 3.90. The van der Waals surface area contributed by atoms with E-state index in [4.69, 9.17) is 0 Å². The topological polar surface area (TPSA) is 79.3 Å². The Kier molecular flexibility index (Phi) is 4.79. The molecule has 1 aliphatic rings. The van der Waals surface area contributed by atoms with Gasteiger partial charge in [0, 0.05) is 37.6 Å². The monoisotopic (exact) mass is 327 g/mol. The normalized spacial score (nSPS) is 14.5. The fraction of sp³-hybridized carbons (Fsp3) is 0.353. The van der Waals surface area contributed by atoms with E-state index in [0.717, 1.165) is 24.2 Å². The predicted molar refractivity (Wildman–Crippen MR) is 92.0 cm³/mol. The van der Waals surface area contributed by atoms with E-state index in [-0.39, 0.29) is 18.4 Å². The molecule has 2 heterocycles. The molecule has 1 aliphatic heterocycles. The summed E-state index contributed by atoms with van der Waals surface area (Å²) >= 11 is 0. The SMILES string of the molecule is Cn1cc(Nc2cccc(NC(=O)CN3CCCCC3=O)c2)cn1. The van der Waals surface area contributed by atoms with Crippen LogP contribution in [0.5, 0.6) is 0 Å². The summed E-state index contributed by atoms with van der Waals surface area (Å²) in [5, 5.41) is 10.2. The molecule has 0 spiro atoms. The van der Waals surface area contributed by atoms with Crippen LogP contribution in [0.15, 0.2) is 36.7 Å². The van der Waals surface area contributed by atoms with E-state index in [2.05, 4.69) is 15.7 Å². The first-order valence-electron chi connectivity index (χ1n) is 8.03. The highest BCUT2D eigenvalue weighted by Crippen LogP contribution is 2.20. The molecule has 0 atom stereocenters. The van der Waals surface area contributed by atoms with Crippen molar-refractivity contribution in [2.24, 2.45) is 7.05 Å². The lowest BCUT2D eigenvalue weighted by Gasteiger charge is -2.26. The minimum atomic E-state index is -0.177. The lowest BCUT2D eigenvalue weighted by atomic mass is 10.1. The summed E-state index contributed by atoms with van der Waals surface area (Å²) in [5.74, 6) is -0.118. The van der Waals surface area contributed by atoms with Crippen molar-refractivity contribution in [2.75, 3.05) is 23.7 Å². The van der Waals surface area contributed by atoms with Crippen LogP contribution in [0.1, 0.15) is 19.3 Å². The summed E-state index contributed by atoms with van der Waals surface area (Å²) in [5.41, 5.74) is 2.42. The van der Waals surface area contributed by atoms with Crippen LogP contribution in [0.2, 0.25) is 0 Å². The molecule has 2 N–H and O–H groups in total. The van der Waals surface area contributed by atoms with Gasteiger partial charge in [0.15, 0.2) is 0 Å². The van der Waals surface area contributed by atoms with Gasteiger partial charge in [-0.2, -0.15) is 5.10 Å². The Bertz CT molecular complexity index is 740. The lowest BCUT2D eigenvalue weighted by molar-refractivity contribution is -0.136. The zero-order valence-corrected chi connectivity index (χ0v) is 13.7. The van der Waals surface area contributed by atoms with E-state index < -0.39 is 0 Å². The van der Waals surface area contributed by atoms with Crippen molar-refractivity contribution >= 4 is 28.9 Å². The van der Waals surface area contributed by atoms with Gasteiger partial charge in [-0.3, -0.25) is 14.3 Å². The van der Waals surface area contributed by atoms with Gasteiger partial charge in [-0.1, -0.05) is 6.07 Å². The minimum absolute atomic E-state index is 0.0587. The second kappa shape index (κ2) is 7.16. The van der Waals surface area contributed by atoms with Crippen molar-refractivity contribution < 1.29 is 9.59 Å². The van der Waals surface area contributed by atoms with Crippen LogP contribution in [0.3, 0.4) is 0 Å². The van der Waals surface area contributed by atoms with Gasteiger partial charge in [-0.25, -0.2) is 0 Å². The zero-order chi connectivity index (χ0) is 16.9. The van der Waals surface area contributed by atoms with E-state index in [1.807, 2.05) is 37.5 Å². The summed E-state index contributed by atoms with van der Waals surface area (Å²) in [4.78, 5) is 25.6. The number of rotatable bonds is 5. The summed E-state index contributed by atoms with van der Waals surface area (Å²) in [6.07, 6.45) is 6.01. The van der Waals surface area contributed by atoms with E-state index in [9.17, 15) is 9.59 Å². The molecule has 126 valence electrons. The Labute approximate surface area is 140 Å². The number of amides is 2. The van der Waals surface area contributed by atoms with Crippen molar-refractivity contribution in [3.8, 4) is 0 Å². The van der Waals surface area contributed by atoms with Gasteiger partial charge in [0.05, 0.1) is 18.4 Å². The van der Waals surface area contributed by atoms with Crippen LogP contribution >= 0.6 is 0 Å². The molecule has 3 rings (SSSR count). The number of carbonyl (C=O) groups excluding carboxylic acids is 2. The quantitative estimate of drug-likeness (QED) is 0.881. The minimum Gasteiger partial charge on any atom is -0.353 e. The predicted octanol–water partition coefficient (Wildman–Crippen LogP) is 2.11. The summed E-state index contributed by atoms with van der Waals surface area (Å²) in [6, 6.07) is 7.45. The molecule has 1 aromatic heterocycles. The van der Waals surface area contributed by atoms with Gasteiger partial charge in [0.25, 0.3) is 0 Å². The highest BCUT2D eigenvalue weighted by atomic mass is 16.2. The second-order valence-electron chi connectivity index (χ2n) is 5.93. The van der Waals surface area contributed by atoms with E-state index >= 15 is 0 Å². The average molecular weight is 327 g/mol. The number of nitrogens with zero attached hydrogens (tertiary/aromatic N) is 3. The van der Waals surface area contributed by atoms with Crippen LogP contribution < -0.4 is 10.6 Å². The maximum Gasteiger partial charge on any atom is 0.243 e. The molecule has 1 saturated heterocycles. The van der Waals surface area contributed by atoms with Crippen molar-refractivity contribution in [3.63, 3.8) is 0 Å². The molecule has 24 heavy (non-hydrogen) atoms. The number of benzene rings is 1. The molecule has 2 aromatic rings. The number of likely N-dealkylation sites (tertiary alicyclic amines) is 1. The molecule has 0 saturated carbocycles. The smallest absolute Gasteiger partial charge is 0.243 e. The number of hydrogen-bond acceptors (Lipinski definition) is 4. The van der Waals surface area contributed by atoms with Crippen LogP contribution in [0, 0.1) is 0 Å². The van der Waals surface area contributed by atoms with Crippen molar-refractivity contribution in [3.05, 3.63) is 36.7 Å². The largest absolute Gasteiger partial charge is 0.353 e. The highest BCUT2D eigenvalue weighted by molar-refractivity contribution is 5.95. The number of carbonyl (C=O) groups is 2. The third kappa shape index (κ3) is 4.13. The molecule has 0 radical (unpaired) electrons. The Morgan fingerprint density at radius 2 is 2.08 bits per heavy atom. The maximum atomic E-state index is 12.2. The van der Waals surface area contributed by atoms with Crippen molar-refractivity contribution in [1.29, 1.82) is 0 Å². The molecular formula is C17H21N5O2. The first-order chi connectivity index (χ1) is 11.6. The molecule has 7 heteroatoms. The summed E-state index contributed by atoms with van der Waals surface area (Å²) in [7, 11) is 1.85. The van der Waals surface area contributed by atoms with Crippen molar-refractivity contribution in [2.45, 2.75) is 19.3 Å². The van der Waals surface area contributed by atoms with Gasteiger partial charge < -0.3 is 15.5 Å². The molecule has 7 nitrogen and oxygen atoms in total. The number of hydrogen-bond donors (Lipinski definition) is 2. The number of anilines is 3. The molecule has 2 amide bonds. The van der Waals surface area contributed by atoms with Crippen LogP contribution in [-0.4, -0.2) is 39.6 Å². The number of aromatic nitrogens is 2. The molecule has 0 bridgehead atoms. The Balaban J connectivity index is 1.59. The second-order valence-corrected chi connectivity index (χ2v) is 5.93. The van der Waals surface area contributed by atoms with Gasteiger partial charge in [0.2, 0.25) is 11.8 Å². The Hall–Kier alpha value is -2.83. The first kappa shape index (κ1) is 16.0. The Morgan fingerprint density at radius 1 is 1.25 bits per heavy atom. The van der Waals surface area contributed by atoms with E-state index in [1.54, 1.807) is 15.8 Å². The number of piperidine rings is 1. The molecule has 0 aliphatic carbocycles. The van der Waals surface area contributed by atoms with Gasteiger partial charge >= 0.3 is 0 Å². The molecule has 1 fully saturated rings. The Morgan fingerprint density at radius 3 is 2.83 bits per heavy atom. The zero-order valence-electron chi connectivity index (χ0n) is 13.7.